The van der Waals surface area contributed by atoms with Crippen LogP contribution in [0.2, 0.25) is 0 Å². The van der Waals surface area contributed by atoms with E-state index in [0.717, 1.165) is 24.4 Å². The maximum absolute atomic E-state index is 12.5. The summed E-state index contributed by atoms with van der Waals surface area (Å²) >= 11 is 0. The number of rotatable bonds is 10. The summed E-state index contributed by atoms with van der Waals surface area (Å²) in [4.78, 5) is 36.5. The van der Waals surface area contributed by atoms with Crippen molar-refractivity contribution < 1.29 is 23.9 Å². The highest BCUT2D eigenvalue weighted by atomic mass is 16.5. The summed E-state index contributed by atoms with van der Waals surface area (Å²) in [5.41, 5.74) is 2.84. The summed E-state index contributed by atoms with van der Waals surface area (Å²) in [6, 6.07) is 8.33. The molecule has 2 rings (SSSR count). The van der Waals surface area contributed by atoms with Gasteiger partial charge in [0.25, 0.3) is 5.91 Å². The number of carbonyl (C=O) groups excluding carboxylic acids is 3. The first-order chi connectivity index (χ1) is 14.2. The van der Waals surface area contributed by atoms with Crippen LogP contribution in [0.3, 0.4) is 0 Å². The van der Waals surface area contributed by atoms with Gasteiger partial charge >= 0.3 is 5.97 Å². The number of aromatic nitrogens is 1. The zero-order valence-electron chi connectivity index (χ0n) is 18.3. The van der Waals surface area contributed by atoms with Crippen molar-refractivity contribution in [3.63, 3.8) is 0 Å². The average molecular weight is 415 g/mol. The molecule has 0 fully saturated rings. The number of ether oxygens (including phenoxy) is 2. The molecule has 7 heteroatoms. The van der Waals surface area contributed by atoms with Crippen molar-refractivity contribution in [1.82, 2.24) is 9.88 Å². The number of amides is 1. The molecular weight excluding hydrogens is 384 g/mol. The molecule has 0 aliphatic carbocycles. The zero-order valence-corrected chi connectivity index (χ0v) is 18.3. The van der Waals surface area contributed by atoms with Gasteiger partial charge in [-0.3, -0.25) is 14.4 Å². The number of nitrogens with zero attached hydrogens (tertiary/aromatic N) is 1. The van der Waals surface area contributed by atoms with Crippen molar-refractivity contribution >= 4 is 17.7 Å². The quantitative estimate of drug-likeness (QED) is 0.476. The smallest absolute Gasteiger partial charge is 0.325 e. The van der Waals surface area contributed by atoms with E-state index in [2.05, 4.69) is 23.7 Å². The van der Waals surface area contributed by atoms with E-state index in [1.807, 2.05) is 19.9 Å². The monoisotopic (exact) mass is 414 g/mol. The molecule has 1 N–H and O–H groups in total. The highest BCUT2D eigenvalue weighted by Gasteiger charge is 2.18. The summed E-state index contributed by atoms with van der Waals surface area (Å²) in [6.45, 7) is 8.36. The highest BCUT2D eigenvalue weighted by molar-refractivity contribution is 6.00. The Hall–Kier alpha value is -3.09. The lowest BCUT2D eigenvalue weighted by Gasteiger charge is -2.11. The number of carbonyl (C=O) groups is 3. The van der Waals surface area contributed by atoms with Crippen LogP contribution in [0.4, 0.5) is 0 Å². The fourth-order valence-corrected chi connectivity index (χ4v) is 3.09. The van der Waals surface area contributed by atoms with Crippen LogP contribution in [0.1, 0.15) is 52.4 Å². The van der Waals surface area contributed by atoms with Gasteiger partial charge in [0.15, 0.2) is 6.61 Å². The van der Waals surface area contributed by atoms with E-state index < -0.39 is 11.9 Å². The van der Waals surface area contributed by atoms with Gasteiger partial charge in [0.2, 0.25) is 5.78 Å². The van der Waals surface area contributed by atoms with E-state index in [4.69, 9.17) is 9.47 Å². The van der Waals surface area contributed by atoms with Gasteiger partial charge in [-0.25, -0.2) is 0 Å². The number of Topliss-reactive ketones (excluding diaryl/α,β-unsaturated/α-hetero) is 1. The van der Waals surface area contributed by atoms with Crippen LogP contribution in [-0.2, 0) is 16.1 Å². The SMILES string of the molecule is COc1ccc(C(=O)NCC(=O)OCC(=O)c2cc(C)n(CCC(C)C)c2C)cc1. The fraction of sp³-hybridized carbons (Fsp3) is 0.435. The number of esters is 1. The van der Waals surface area contributed by atoms with Gasteiger partial charge in [-0.15, -0.1) is 0 Å². The summed E-state index contributed by atoms with van der Waals surface area (Å²) in [5, 5.41) is 2.48. The molecule has 0 atom stereocenters. The lowest BCUT2D eigenvalue weighted by Crippen LogP contribution is -2.31. The standard InChI is InChI=1S/C23H30N2O5/c1-15(2)10-11-25-16(3)12-20(17(25)4)21(26)14-30-22(27)13-24-23(28)18-6-8-19(29-5)9-7-18/h6-9,12,15H,10-11,13-14H2,1-5H3,(H,24,28). The van der Waals surface area contributed by atoms with Crippen molar-refractivity contribution in [1.29, 1.82) is 0 Å². The van der Waals surface area contributed by atoms with E-state index in [1.54, 1.807) is 24.3 Å². The van der Waals surface area contributed by atoms with Crippen LogP contribution in [0.15, 0.2) is 30.3 Å². The van der Waals surface area contributed by atoms with E-state index in [0.29, 0.717) is 22.8 Å². The van der Waals surface area contributed by atoms with Crippen LogP contribution in [-0.4, -0.2) is 42.5 Å². The Morgan fingerprint density at radius 3 is 2.37 bits per heavy atom. The second-order valence-electron chi connectivity index (χ2n) is 7.61. The number of hydrogen-bond acceptors (Lipinski definition) is 5. The van der Waals surface area contributed by atoms with Gasteiger partial charge in [-0.2, -0.15) is 0 Å². The number of aryl methyl sites for hydroxylation is 1. The van der Waals surface area contributed by atoms with Crippen molar-refractivity contribution in [3.8, 4) is 5.75 Å². The Bertz CT molecular complexity index is 897. The molecule has 0 saturated heterocycles. The third kappa shape index (κ3) is 6.20. The molecule has 0 saturated carbocycles. The van der Waals surface area contributed by atoms with Gasteiger partial charge < -0.3 is 19.4 Å². The van der Waals surface area contributed by atoms with Crippen LogP contribution < -0.4 is 10.1 Å². The molecule has 1 aromatic carbocycles. The second kappa shape index (κ2) is 10.6. The van der Waals surface area contributed by atoms with Gasteiger partial charge in [0.1, 0.15) is 12.3 Å². The minimum Gasteiger partial charge on any atom is -0.497 e. The Balaban J connectivity index is 1.84. The van der Waals surface area contributed by atoms with E-state index >= 15 is 0 Å². The Morgan fingerprint density at radius 1 is 1.10 bits per heavy atom. The van der Waals surface area contributed by atoms with Gasteiger partial charge in [-0.05, 0) is 56.5 Å². The number of methoxy groups -OCH3 is 1. The Labute approximate surface area is 177 Å². The van der Waals surface area contributed by atoms with Crippen LogP contribution in [0.5, 0.6) is 5.75 Å². The first-order valence-electron chi connectivity index (χ1n) is 10.0. The normalized spacial score (nSPS) is 10.7. The number of nitrogens with one attached hydrogen (secondary N) is 1. The molecule has 0 bridgehead atoms. The molecule has 1 aromatic heterocycles. The minimum absolute atomic E-state index is 0.256. The fourth-order valence-electron chi connectivity index (χ4n) is 3.09. The lowest BCUT2D eigenvalue weighted by molar-refractivity contribution is -0.141. The third-order valence-corrected chi connectivity index (χ3v) is 4.91. The minimum atomic E-state index is -0.668. The Kier molecular flexibility index (Phi) is 8.21. The summed E-state index contributed by atoms with van der Waals surface area (Å²) in [7, 11) is 1.54. The maximum atomic E-state index is 12.5. The molecule has 7 nitrogen and oxygen atoms in total. The molecule has 1 heterocycles. The van der Waals surface area contributed by atoms with E-state index in [-0.39, 0.29) is 18.9 Å². The summed E-state index contributed by atoms with van der Waals surface area (Å²) in [6.07, 6.45) is 1.02. The molecule has 0 aliphatic rings. The van der Waals surface area contributed by atoms with Crippen molar-refractivity contribution in [2.45, 2.75) is 40.7 Å². The van der Waals surface area contributed by atoms with Gasteiger partial charge in [0.05, 0.1) is 7.11 Å². The molecule has 30 heavy (non-hydrogen) atoms. The summed E-state index contributed by atoms with van der Waals surface area (Å²) < 4.78 is 12.2. The van der Waals surface area contributed by atoms with Crippen LogP contribution >= 0.6 is 0 Å². The predicted molar refractivity (Wildman–Crippen MR) is 114 cm³/mol. The van der Waals surface area contributed by atoms with E-state index in [1.165, 1.54) is 7.11 Å². The molecule has 0 spiro atoms. The van der Waals surface area contributed by atoms with Crippen LogP contribution in [0.25, 0.3) is 0 Å². The molecule has 2 aromatic rings. The lowest BCUT2D eigenvalue weighted by atomic mass is 10.1. The molecule has 162 valence electrons. The molecule has 1 amide bonds. The number of hydrogen-bond donors (Lipinski definition) is 1. The maximum Gasteiger partial charge on any atom is 0.325 e. The predicted octanol–water partition coefficient (Wildman–Crippen LogP) is 3.32. The third-order valence-electron chi connectivity index (χ3n) is 4.91. The number of ketones is 1. The zero-order chi connectivity index (χ0) is 22.3. The van der Waals surface area contributed by atoms with Gasteiger partial charge in [-0.1, -0.05) is 13.8 Å². The molecular formula is C23H30N2O5. The largest absolute Gasteiger partial charge is 0.497 e. The van der Waals surface area contributed by atoms with Crippen molar-refractivity contribution in [2.24, 2.45) is 5.92 Å². The van der Waals surface area contributed by atoms with Crippen molar-refractivity contribution in [2.75, 3.05) is 20.3 Å². The van der Waals surface area contributed by atoms with Crippen molar-refractivity contribution in [3.05, 3.63) is 52.8 Å². The van der Waals surface area contributed by atoms with E-state index in [9.17, 15) is 14.4 Å². The topological polar surface area (TPSA) is 86.6 Å². The number of benzene rings is 1. The first-order valence-corrected chi connectivity index (χ1v) is 10.0. The van der Waals surface area contributed by atoms with Gasteiger partial charge in [0, 0.05) is 29.1 Å². The van der Waals surface area contributed by atoms with Crippen LogP contribution in [0, 0.1) is 19.8 Å². The molecule has 0 unspecified atom stereocenters. The highest BCUT2D eigenvalue weighted by Crippen LogP contribution is 2.18. The summed E-state index contributed by atoms with van der Waals surface area (Å²) in [5.74, 6) is -0.130. The molecule has 0 radical (unpaired) electrons. The first kappa shape index (κ1) is 23.2. The average Bonchev–Trinajstić information content (AvgIpc) is 3.02. The Morgan fingerprint density at radius 2 is 1.77 bits per heavy atom. The molecule has 0 aliphatic heterocycles. The second-order valence-corrected chi connectivity index (χ2v) is 7.61.